The second-order valence-electron chi connectivity index (χ2n) is 6.45. The summed E-state index contributed by atoms with van der Waals surface area (Å²) in [6.45, 7) is 8.23. The van der Waals surface area contributed by atoms with Gasteiger partial charge in [0, 0.05) is 12.6 Å². The summed E-state index contributed by atoms with van der Waals surface area (Å²) >= 11 is 0. The van der Waals surface area contributed by atoms with Crippen molar-refractivity contribution in [3.8, 4) is 0 Å². The Bertz CT molecular complexity index is 215. The van der Waals surface area contributed by atoms with E-state index in [1.165, 1.54) is 38.5 Å². The van der Waals surface area contributed by atoms with Crippen molar-refractivity contribution in [3.05, 3.63) is 0 Å². The molecule has 0 spiro atoms. The summed E-state index contributed by atoms with van der Waals surface area (Å²) in [6, 6.07) is 0.632. The minimum absolute atomic E-state index is 0.278. The van der Waals surface area contributed by atoms with Crippen molar-refractivity contribution in [2.75, 3.05) is 20.2 Å². The summed E-state index contributed by atoms with van der Waals surface area (Å²) in [4.78, 5) is 2.37. The highest BCUT2D eigenvalue weighted by molar-refractivity contribution is 4.87. The summed E-state index contributed by atoms with van der Waals surface area (Å²) in [6.07, 6.45) is 8.09. The van der Waals surface area contributed by atoms with Gasteiger partial charge >= 0.3 is 0 Å². The van der Waals surface area contributed by atoms with Gasteiger partial charge in [0.2, 0.25) is 0 Å². The molecule has 2 nitrogen and oxygen atoms in total. The van der Waals surface area contributed by atoms with Crippen molar-refractivity contribution >= 4 is 0 Å². The van der Waals surface area contributed by atoms with Crippen molar-refractivity contribution in [2.24, 2.45) is 11.3 Å². The summed E-state index contributed by atoms with van der Waals surface area (Å²) in [5.74, 6) is 0.943. The van der Waals surface area contributed by atoms with Gasteiger partial charge in [0.15, 0.2) is 0 Å². The van der Waals surface area contributed by atoms with Crippen LogP contribution in [0.1, 0.15) is 59.3 Å². The molecule has 102 valence electrons. The zero-order chi connectivity index (χ0) is 12.9. The molecule has 0 saturated heterocycles. The Kier molecular flexibility index (Phi) is 5.94. The van der Waals surface area contributed by atoms with E-state index in [-0.39, 0.29) is 6.61 Å². The molecule has 0 aromatic carbocycles. The number of hydrogen-bond donors (Lipinski definition) is 1. The normalized spacial score (nSPS) is 30.0. The second-order valence-corrected chi connectivity index (χ2v) is 6.45. The first-order valence-corrected chi connectivity index (χ1v) is 7.32. The molecule has 0 heterocycles. The standard InChI is InChI=1S/C15H31NO/c1-5-13-7-6-8-14(16(4)11-12-17)15(2,3)10-9-13/h13-14,17H,5-12H2,1-4H3. The fourth-order valence-corrected chi connectivity index (χ4v) is 3.42. The molecule has 0 aromatic rings. The fourth-order valence-electron chi connectivity index (χ4n) is 3.42. The van der Waals surface area contributed by atoms with Crippen LogP contribution < -0.4 is 0 Å². The minimum atomic E-state index is 0.278. The molecule has 0 radical (unpaired) electrons. The third kappa shape index (κ3) is 4.26. The Balaban J connectivity index is 2.64. The van der Waals surface area contributed by atoms with E-state index in [1.807, 2.05) is 0 Å². The van der Waals surface area contributed by atoms with E-state index in [0.29, 0.717) is 11.5 Å². The molecule has 2 atom stereocenters. The Morgan fingerprint density at radius 3 is 2.53 bits per heavy atom. The molecule has 1 N–H and O–H groups in total. The lowest BCUT2D eigenvalue weighted by Gasteiger charge is -2.43. The maximum Gasteiger partial charge on any atom is 0.0558 e. The molecule has 1 saturated carbocycles. The lowest BCUT2D eigenvalue weighted by atomic mass is 9.72. The highest BCUT2D eigenvalue weighted by atomic mass is 16.3. The predicted octanol–water partition coefficient (Wildman–Crippen LogP) is 3.30. The van der Waals surface area contributed by atoms with Gasteiger partial charge in [0.1, 0.15) is 0 Å². The Hall–Kier alpha value is -0.0800. The van der Waals surface area contributed by atoms with Crippen LogP contribution in [0.4, 0.5) is 0 Å². The van der Waals surface area contributed by atoms with E-state index >= 15 is 0 Å². The zero-order valence-corrected chi connectivity index (χ0v) is 12.2. The molecular weight excluding hydrogens is 210 g/mol. The van der Waals surface area contributed by atoms with Crippen LogP contribution in [-0.4, -0.2) is 36.2 Å². The van der Waals surface area contributed by atoms with Gasteiger partial charge in [-0.3, -0.25) is 0 Å². The first-order valence-electron chi connectivity index (χ1n) is 7.32. The van der Waals surface area contributed by atoms with Crippen LogP contribution in [0, 0.1) is 11.3 Å². The molecule has 2 heteroatoms. The fraction of sp³-hybridized carbons (Fsp3) is 1.00. The van der Waals surface area contributed by atoms with E-state index in [0.717, 1.165) is 12.5 Å². The van der Waals surface area contributed by atoms with E-state index in [4.69, 9.17) is 5.11 Å². The van der Waals surface area contributed by atoms with Gasteiger partial charge in [-0.1, -0.05) is 40.0 Å². The largest absolute Gasteiger partial charge is 0.395 e. The van der Waals surface area contributed by atoms with Crippen LogP contribution in [0.3, 0.4) is 0 Å². The lowest BCUT2D eigenvalue weighted by Crippen LogP contribution is -2.45. The van der Waals surface area contributed by atoms with Gasteiger partial charge in [0.05, 0.1) is 6.61 Å². The first kappa shape index (κ1) is 15.0. The van der Waals surface area contributed by atoms with Gasteiger partial charge in [0.25, 0.3) is 0 Å². The first-order chi connectivity index (χ1) is 8.01. The van der Waals surface area contributed by atoms with Crippen molar-refractivity contribution in [1.29, 1.82) is 0 Å². The van der Waals surface area contributed by atoms with E-state index in [2.05, 4.69) is 32.7 Å². The molecule has 0 aliphatic heterocycles. The lowest BCUT2D eigenvalue weighted by molar-refractivity contribution is 0.0622. The average molecular weight is 241 g/mol. The number of aliphatic hydroxyl groups excluding tert-OH is 1. The molecule has 1 aliphatic rings. The molecule has 2 unspecified atom stereocenters. The monoisotopic (exact) mass is 241 g/mol. The van der Waals surface area contributed by atoms with Gasteiger partial charge < -0.3 is 10.0 Å². The number of nitrogens with zero attached hydrogens (tertiary/aromatic N) is 1. The van der Waals surface area contributed by atoms with Crippen LogP contribution in [0.15, 0.2) is 0 Å². The number of rotatable bonds is 4. The predicted molar refractivity (Wildman–Crippen MR) is 74.2 cm³/mol. The molecule has 1 aliphatic carbocycles. The molecule has 0 aromatic heterocycles. The minimum Gasteiger partial charge on any atom is -0.395 e. The van der Waals surface area contributed by atoms with E-state index in [1.54, 1.807) is 0 Å². The third-order valence-corrected chi connectivity index (χ3v) is 4.75. The van der Waals surface area contributed by atoms with Crippen molar-refractivity contribution in [2.45, 2.75) is 65.3 Å². The third-order valence-electron chi connectivity index (χ3n) is 4.75. The molecular formula is C15H31NO. The SMILES string of the molecule is CCC1CCCC(N(C)CCO)C(C)(C)CC1. The van der Waals surface area contributed by atoms with Gasteiger partial charge in [-0.05, 0) is 37.6 Å². The van der Waals surface area contributed by atoms with Crippen molar-refractivity contribution in [1.82, 2.24) is 4.90 Å². The highest BCUT2D eigenvalue weighted by Gasteiger charge is 2.33. The van der Waals surface area contributed by atoms with Crippen LogP contribution in [0.25, 0.3) is 0 Å². The van der Waals surface area contributed by atoms with Crippen LogP contribution in [0.2, 0.25) is 0 Å². The Morgan fingerprint density at radius 1 is 1.24 bits per heavy atom. The number of likely N-dealkylation sites (N-methyl/N-ethyl adjacent to an activating group) is 1. The van der Waals surface area contributed by atoms with E-state index in [9.17, 15) is 0 Å². The van der Waals surface area contributed by atoms with Gasteiger partial charge in [-0.25, -0.2) is 0 Å². The van der Waals surface area contributed by atoms with Gasteiger partial charge in [-0.2, -0.15) is 0 Å². The highest BCUT2D eigenvalue weighted by Crippen LogP contribution is 2.38. The number of aliphatic hydroxyl groups is 1. The summed E-state index contributed by atoms with van der Waals surface area (Å²) < 4.78 is 0. The number of hydrogen-bond acceptors (Lipinski definition) is 2. The Morgan fingerprint density at radius 2 is 1.94 bits per heavy atom. The zero-order valence-electron chi connectivity index (χ0n) is 12.2. The summed E-state index contributed by atoms with van der Waals surface area (Å²) in [5.41, 5.74) is 0.387. The molecule has 1 fully saturated rings. The molecule has 1 rings (SSSR count). The van der Waals surface area contributed by atoms with Crippen LogP contribution in [0.5, 0.6) is 0 Å². The summed E-state index contributed by atoms with van der Waals surface area (Å²) in [7, 11) is 2.17. The van der Waals surface area contributed by atoms with Crippen molar-refractivity contribution in [3.63, 3.8) is 0 Å². The molecule has 0 bridgehead atoms. The maximum atomic E-state index is 9.10. The van der Waals surface area contributed by atoms with Crippen molar-refractivity contribution < 1.29 is 5.11 Å². The van der Waals surface area contributed by atoms with E-state index < -0.39 is 0 Å². The second kappa shape index (κ2) is 6.75. The smallest absolute Gasteiger partial charge is 0.0558 e. The van der Waals surface area contributed by atoms with Crippen LogP contribution in [-0.2, 0) is 0 Å². The molecule has 17 heavy (non-hydrogen) atoms. The maximum absolute atomic E-state index is 9.10. The van der Waals surface area contributed by atoms with Gasteiger partial charge in [-0.15, -0.1) is 0 Å². The Labute approximate surface area is 107 Å². The topological polar surface area (TPSA) is 23.5 Å². The summed E-state index contributed by atoms with van der Waals surface area (Å²) in [5, 5.41) is 9.10. The quantitative estimate of drug-likeness (QED) is 0.816. The molecule has 0 amide bonds. The van der Waals surface area contributed by atoms with Crippen LogP contribution >= 0.6 is 0 Å². The average Bonchev–Trinajstić information content (AvgIpc) is 2.25.